The van der Waals surface area contributed by atoms with Gasteiger partial charge in [0.25, 0.3) is 5.91 Å². The van der Waals surface area contributed by atoms with E-state index in [0.717, 1.165) is 28.2 Å². The monoisotopic (exact) mass is 369 g/mol. The third kappa shape index (κ3) is 6.02. The molecule has 0 saturated heterocycles. The number of ether oxygens (including phenoxy) is 2. The van der Waals surface area contributed by atoms with E-state index in [1.807, 2.05) is 50.2 Å². The van der Waals surface area contributed by atoms with Crippen molar-refractivity contribution in [3.8, 4) is 11.5 Å². The van der Waals surface area contributed by atoms with E-state index in [1.165, 1.54) is 0 Å². The summed E-state index contributed by atoms with van der Waals surface area (Å²) in [5.74, 6) is 1.45. The van der Waals surface area contributed by atoms with Gasteiger partial charge in [-0.15, -0.1) is 0 Å². The van der Waals surface area contributed by atoms with Crippen molar-refractivity contribution in [2.24, 2.45) is 0 Å². The number of aryl methyl sites for hydroxylation is 2. The number of para-hydroxylation sites is 1. The predicted octanol–water partition coefficient (Wildman–Crippen LogP) is 4.56. The Hall–Kier alpha value is -2.49. The van der Waals surface area contributed by atoms with Gasteiger partial charge in [0.1, 0.15) is 18.1 Å². The molecule has 0 aliphatic heterocycles. The second-order valence-corrected chi connectivity index (χ2v) is 7.91. The van der Waals surface area contributed by atoms with Crippen molar-refractivity contribution in [3.05, 3.63) is 59.2 Å². The molecular weight excluding hydrogens is 338 g/mol. The van der Waals surface area contributed by atoms with Crippen LogP contribution in [0.4, 0.5) is 0 Å². The average molecular weight is 370 g/mol. The summed E-state index contributed by atoms with van der Waals surface area (Å²) in [4.78, 5) is 12.3. The molecule has 0 saturated carbocycles. The Labute approximate surface area is 162 Å². The van der Waals surface area contributed by atoms with E-state index in [2.05, 4.69) is 32.2 Å². The Bertz CT molecular complexity index is 777. The molecule has 0 heterocycles. The van der Waals surface area contributed by atoms with Crippen LogP contribution in [0.25, 0.3) is 0 Å². The zero-order valence-electron chi connectivity index (χ0n) is 17.3. The van der Waals surface area contributed by atoms with Gasteiger partial charge in [0.15, 0.2) is 6.10 Å². The van der Waals surface area contributed by atoms with E-state index < -0.39 is 6.10 Å². The summed E-state index contributed by atoms with van der Waals surface area (Å²) in [6.45, 7) is 13.0. The quantitative estimate of drug-likeness (QED) is 0.728. The van der Waals surface area contributed by atoms with Crippen molar-refractivity contribution in [2.75, 3.05) is 13.2 Å². The number of nitrogens with one attached hydrogen (secondary N) is 1. The van der Waals surface area contributed by atoms with Crippen LogP contribution in [0.3, 0.4) is 0 Å². The van der Waals surface area contributed by atoms with Crippen LogP contribution in [0.5, 0.6) is 11.5 Å². The molecule has 1 amide bonds. The van der Waals surface area contributed by atoms with Gasteiger partial charge in [-0.1, -0.05) is 51.1 Å². The molecular formula is C23H31NO3. The second kappa shape index (κ2) is 8.94. The summed E-state index contributed by atoms with van der Waals surface area (Å²) in [6.07, 6.45) is -0.563. The Morgan fingerprint density at radius 1 is 1.07 bits per heavy atom. The molecule has 2 aromatic carbocycles. The van der Waals surface area contributed by atoms with Crippen molar-refractivity contribution in [1.82, 2.24) is 5.32 Å². The van der Waals surface area contributed by atoms with E-state index >= 15 is 0 Å². The summed E-state index contributed by atoms with van der Waals surface area (Å²) in [5.41, 5.74) is 3.29. The summed E-state index contributed by atoms with van der Waals surface area (Å²) in [7, 11) is 0. The maximum absolute atomic E-state index is 12.3. The van der Waals surface area contributed by atoms with Crippen LogP contribution >= 0.6 is 0 Å². The first-order valence-corrected chi connectivity index (χ1v) is 9.42. The number of rotatable bonds is 7. The molecule has 2 aromatic rings. The topological polar surface area (TPSA) is 47.6 Å². The smallest absolute Gasteiger partial charge is 0.260 e. The summed E-state index contributed by atoms with van der Waals surface area (Å²) in [5, 5.41) is 2.88. The third-order valence-electron chi connectivity index (χ3n) is 4.37. The zero-order chi connectivity index (χ0) is 20.0. The number of carbonyl (C=O) groups is 1. The Morgan fingerprint density at radius 3 is 2.48 bits per heavy atom. The molecule has 0 spiro atoms. The number of amides is 1. The van der Waals surface area contributed by atoms with E-state index in [4.69, 9.17) is 9.47 Å². The maximum Gasteiger partial charge on any atom is 0.260 e. The molecule has 0 fully saturated rings. The molecule has 2 rings (SSSR count). The van der Waals surface area contributed by atoms with Gasteiger partial charge < -0.3 is 14.8 Å². The standard InChI is InChI=1S/C23H31NO3/c1-16-11-12-17(2)21(15-16)27-18(3)22(25)24-13-14-26-20-10-8-7-9-19(20)23(4,5)6/h7-12,15,18H,13-14H2,1-6H3,(H,24,25)/t18-/m1/s1. The average Bonchev–Trinajstić information content (AvgIpc) is 2.61. The molecule has 0 radical (unpaired) electrons. The molecule has 0 unspecified atom stereocenters. The minimum atomic E-state index is -0.563. The molecule has 0 aliphatic rings. The van der Waals surface area contributed by atoms with Gasteiger partial charge in [0, 0.05) is 0 Å². The minimum Gasteiger partial charge on any atom is -0.491 e. The molecule has 0 bridgehead atoms. The molecule has 1 atom stereocenters. The summed E-state index contributed by atoms with van der Waals surface area (Å²) in [6, 6.07) is 14.0. The highest BCUT2D eigenvalue weighted by Crippen LogP contribution is 2.30. The fourth-order valence-corrected chi connectivity index (χ4v) is 2.77. The highest BCUT2D eigenvalue weighted by molar-refractivity contribution is 5.80. The van der Waals surface area contributed by atoms with Crippen LogP contribution < -0.4 is 14.8 Å². The van der Waals surface area contributed by atoms with Gasteiger partial charge in [0.2, 0.25) is 0 Å². The fourth-order valence-electron chi connectivity index (χ4n) is 2.77. The first kappa shape index (κ1) is 20.8. The number of benzene rings is 2. The maximum atomic E-state index is 12.3. The van der Waals surface area contributed by atoms with Crippen molar-refractivity contribution in [3.63, 3.8) is 0 Å². The lowest BCUT2D eigenvalue weighted by molar-refractivity contribution is -0.127. The molecule has 146 valence electrons. The van der Waals surface area contributed by atoms with E-state index in [0.29, 0.717) is 13.2 Å². The van der Waals surface area contributed by atoms with Gasteiger partial charge in [0.05, 0.1) is 6.54 Å². The van der Waals surface area contributed by atoms with Crippen LogP contribution in [-0.2, 0) is 10.2 Å². The number of carbonyl (C=O) groups excluding carboxylic acids is 1. The lowest BCUT2D eigenvalue weighted by Gasteiger charge is -2.23. The van der Waals surface area contributed by atoms with E-state index in [-0.39, 0.29) is 11.3 Å². The van der Waals surface area contributed by atoms with Crippen LogP contribution in [-0.4, -0.2) is 25.2 Å². The predicted molar refractivity (Wildman–Crippen MR) is 110 cm³/mol. The van der Waals surface area contributed by atoms with Crippen LogP contribution in [0, 0.1) is 13.8 Å². The molecule has 4 nitrogen and oxygen atoms in total. The Kier molecular flexibility index (Phi) is 6.89. The Morgan fingerprint density at radius 2 is 1.78 bits per heavy atom. The largest absolute Gasteiger partial charge is 0.491 e. The van der Waals surface area contributed by atoms with Crippen molar-refractivity contribution in [2.45, 2.75) is 53.1 Å². The second-order valence-electron chi connectivity index (χ2n) is 7.91. The van der Waals surface area contributed by atoms with Gasteiger partial charge in [-0.2, -0.15) is 0 Å². The molecule has 0 aromatic heterocycles. The van der Waals surface area contributed by atoms with Crippen molar-refractivity contribution >= 4 is 5.91 Å². The van der Waals surface area contributed by atoms with E-state index in [1.54, 1.807) is 6.92 Å². The van der Waals surface area contributed by atoms with Crippen molar-refractivity contribution in [1.29, 1.82) is 0 Å². The van der Waals surface area contributed by atoms with Crippen molar-refractivity contribution < 1.29 is 14.3 Å². The third-order valence-corrected chi connectivity index (χ3v) is 4.37. The van der Waals surface area contributed by atoms with E-state index in [9.17, 15) is 4.79 Å². The van der Waals surface area contributed by atoms with Gasteiger partial charge in [-0.25, -0.2) is 0 Å². The van der Waals surface area contributed by atoms with Gasteiger partial charge in [-0.05, 0) is 55.0 Å². The normalized spacial score (nSPS) is 12.4. The van der Waals surface area contributed by atoms with Crippen LogP contribution in [0.2, 0.25) is 0 Å². The highest BCUT2D eigenvalue weighted by Gasteiger charge is 2.19. The van der Waals surface area contributed by atoms with Crippen LogP contribution in [0.1, 0.15) is 44.4 Å². The van der Waals surface area contributed by atoms with Crippen LogP contribution in [0.15, 0.2) is 42.5 Å². The minimum absolute atomic E-state index is 0.00781. The fraction of sp³-hybridized carbons (Fsp3) is 0.435. The highest BCUT2D eigenvalue weighted by atomic mass is 16.5. The van der Waals surface area contributed by atoms with Gasteiger partial charge >= 0.3 is 0 Å². The molecule has 4 heteroatoms. The van der Waals surface area contributed by atoms with Gasteiger partial charge in [-0.3, -0.25) is 4.79 Å². The number of hydrogen-bond donors (Lipinski definition) is 1. The lowest BCUT2D eigenvalue weighted by Crippen LogP contribution is -2.38. The SMILES string of the molecule is Cc1ccc(C)c(O[C@H](C)C(=O)NCCOc2ccccc2C(C)(C)C)c1. The number of hydrogen-bond acceptors (Lipinski definition) is 3. The Balaban J connectivity index is 1.84. The first-order chi connectivity index (χ1) is 12.7. The summed E-state index contributed by atoms with van der Waals surface area (Å²) >= 11 is 0. The summed E-state index contributed by atoms with van der Waals surface area (Å²) < 4.78 is 11.7. The molecule has 27 heavy (non-hydrogen) atoms. The lowest BCUT2D eigenvalue weighted by atomic mass is 9.86. The molecule has 1 N–H and O–H groups in total. The zero-order valence-corrected chi connectivity index (χ0v) is 17.3. The first-order valence-electron chi connectivity index (χ1n) is 9.42. The molecule has 0 aliphatic carbocycles.